The summed E-state index contributed by atoms with van der Waals surface area (Å²) in [6, 6.07) is 19.2. The standard InChI is InChI=1S/C20H24N2O2/c1-16(20(24)21-2)22(15-18-11-7-4-8-12-18)19(23)14-13-17-9-5-3-6-10-17/h3-12,16H,13-15H2,1-2H3,(H,21,24)/t16-/m0/s1. The molecular weight excluding hydrogens is 300 g/mol. The number of aryl methyl sites for hydroxylation is 1. The van der Waals surface area contributed by atoms with E-state index < -0.39 is 6.04 Å². The molecular formula is C20H24N2O2. The zero-order chi connectivity index (χ0) is 17.4. The molecule has 1 atom stereocenters. The van der Waals surface area contributed by atoms with E-state index in [1.165, 1.54) is 0 Å². The van der Waals surface area contributed by atoms with Crippen molar-refractivity contribution in [3.8, 4) is 0 Å². The third kappa shape index (κ3) is 4.95. The molecule has 0 radical (unpaired) electrons. The molecule has 0 heterocycles. The van der Waals surface area contributed by atoms with Crippen molar-refractivity contribution < 1.29 is 9.59 Å². The van der Waals surface area contributed by atoms with Crippen LogP contribution in [0.2, 0.25) is 0 Å². The molecule has 0 bridgehead atoms. The summed E-state index contributed by atoms with van der Waals surface area (Å²) in [6.07, 6.45) is 1.06. The summed E-state index contributed by atoms with van der Waals surface area (Å²) in [6.45, 7) is 2.20. The summed E-state index contributed by atoms with van der Waals surface area (Å²) in [5, 5.41) is 2.63. The quantitative estimate of drug-likeness (QED) is 0.851. The summed E-state index contributed by atoms with van der Waals surface area (Å²) < 4.78 is 0. The molecule has 1 N–H and O–H groups in total. The lowest BCUT2D eigenvalue weighted by Crippen LogP contribution is -2.46. The van der Waals surface area contributed by atoms with Gasteiger partial charge in [-0.1, -0.05) is 60.7 Å². The maximum atomic E-state index is 12.7. The van der Waals surface area contributed by atoms with E-state index in [9.17, 15) is 9.59 Å². The lowest BCUT2D eigenvalue weighted by Gasteiger charge is -2.28. The second-order valence-electron chi connectivity index (χ2n) is 5.78. The van der Waals surface area contributed by atoms with Crippen molar-refractivity contribution >= 4 is 11.8 Å². The van der Waals surface area contributed by atoms with Gasteiger partial charge in [-0.05, 0) is 24.5 Å². The van der Waals surface area contributed by atoms with Crippen LogP contribution in [-0.4, -0.2) is 29.8 Å². The molecule has 4 heteroatoms. The first-order chi connectivity index (χ1) is 11.6. The van der Waals surface area contributed by atoms with Crippen LogP contribution >= 0.6 is 0 Å². The smallest absolute Gasteiger partial charge is 0.242 e. The van der Waals surface area contributed by atoms with Gasteiger partial charge in [0, 0.05) is 20.0 Å². The van der Waals surface area contributed by atoms with Crippen molar-refractivity contribution in [1.29, 1.82) is 0 Å². The van der Waals surface area contributed by atoms with E-state index >= 15 is 0 Å². The number of likely N-dealkylation sites (N-methyl/N-ethyl adjacent to an activating group) is 1. The summed E-state index contributed by atoms with van der Waals surface area (Å²) >= 11 is 0. The predicted molar refractivity (Wildman–Crippen MR) is 95.3 cm³/mol. The van der Waals surface area contributed by atoms with Gasteiger partial charge in [0.2, 0.25) is 11.8 Å². The van der Waals surface area contributed by atoms with E-state index in [1.54, 1.807) is 18.9 Å². The highest BCUT2D eigenvalue weighted by atomic mass is 16.2. The largest absolute Gasteiger partial charge is 0.357 e. The first kappa shape index (κ1) is 17.7. The molecule has 126 valence electrons. The second-order valence-corrected chi connectivity index (χ2v) is 5.78. The summed E-state index contributed by atoms with van der Waals surface area (Å²) in [4.78, 5) is 26.4. The minimum absolute atomic E-state index is 0.0150. The highest BCUT2D eigenvalue weighted by molar-refractivity contribution is 5.87. The fourth-order valence-electron chi connectivity index (χ4n) is 2.61. The Balaban J connectivity index is 2.08. The van der Waals surface area contributed by atoms with Crippen molar-refractivity contribution in [3.63, 3.8) is 0 Å². The molecule has 2 aromatic carbocycles. The topological polar surface area (TPSA) is 49.4 Å². The van der Waals surface area contributed by atoms with Gasteiger partial charge >= 0.3 is 0 Å². The number of carbonyl (C=O) groups excluding carboxylic acids is 2. The van der Waals surface area contributed by atoms with Gasteiger partial charge in [-0.15, -0.1) is 0 Å². The lowest BCUT2D eigenvalue weighted by atomic mass is 10.1. The number of nitrogens with one attached hydrogen (secondary N) is 1. The molecule has 0 aliphatic carbocycles. The lowest BCUT2D eigenvalue weighted by molar-refractivity contribution is -0.140. The third-order valence-corrected chi connectivity index (χ3v) is 4.08. The molecule has 0 aromatic heterocycles. The monoisotopic (exact) mass is 324 g/mol. The predicted octanol–water partition coefficient (Wildman–Crippen LogP) is 2.78. The van der Waals surface area contributed by atoms with Crippen LogP contribution in [0, 0.1) is 0 Å². The molecule has 0 aliphatic rings. The molecule has 2 aromatic rings. The van der Waals surface area contributed by atoms with Crippen LogP contribution in [0.3, 0.4) is 0 Å². The summed E-state index contributed by atoms with van der Waals surface area (Å²) in [5.41, 5.74) is 2.14. The number of nitrogens with zero attached hydrogens (tertiary/aromatic N) is 1. The number of rotatable bonds is 7. The Hall–Kier alpha value is -2.62. The minimum atomic E-state index is -0.501. The molecule has 2 rings (SSSR count). The number of hydrogen-bond donors (Lipinski definition) is 1. The van der Waals surface area contributed by atoms with Crippen molar-refractivity contribution in [3.05, 3.63) is 71.8 Å². The van der Waals surface area contributed by atoms with Crippen LogP contribution in [0.1, 0.15) is 24.5 Å². The van der Waals surface area contributed by atoms with Crippen molar-refractivity contribution in [2.45, 2.75) is 32.4 Å². The Kier molecular flexibility index (Phi) is 6.55. The number of amides is 2. The molecule has 4 nitrogen and oxygen atoms in total. The molecule has 0 aliphatic heterocycles. The van der Waals surface area contributed by atoms with Gasteiger partial charge < -0.3 is 10.2 Å². The van der Waals surface area contributed by atoms with Crippen LogP contribution in [0.5, 0.6) is 0 Å². The Labute approximate surface area is 143 Å². The van der Waals surface area contributed by atoms with E-state index in [0.29, 0.717) is 19.4 Å². The molecule has 0 unspecified atom stereocenters. The van der Waals surface area contributed by atoms with Crippen LogP contribution < -0.4 is 5.32 Å². The molecule has 0 saturated carbocycles. The maximum Gasteiger partial charge on any atom is 0.242 e. The van der Waals surface area contributed by atoms with E-state index in [4.69, 9.17) is 0 Å². The van der Waals surface area contributed by atoms with Gasteiger partial charge in [-0.2, -0.15) is 0 Å². The van der Waals surface area contributed by atoms with Gasteiger partial charge in [0.1, 0.15) is 6.04 Å². The minimum Gasteiger partial charge on any atom is -0.357 e. The summed E-state index contributed by atoms with van der Waals surface area (Å²) in [5.74, 6) is -0.169. The Morgan fingerprint density at radius 2 is 1.50 bits per heavy atom. The fourth-order valence-corrected chi connectivity index (χ4v) is 2.61. The zero-order valence-corrected chi connectivity index (χ0v) is 14.2. The van der Waals surface area contributed by atoms with Crippen molar-refractivity contribution in [1.82, 2.24) is 10.2 Å². The van der Waals surface area contributed by atoms with Crippen molar-refractivity contribution in [2.75, 3.05) is 7.05 Å². The van der Waals surface area contributed by atoms with E-state index in [-0.39, 0.29) is 11.8 Å². The molecule has 0 saturated heterocycles. The van der Waals surface area contributed by atoms with Crippen LogP contribution in [0.4, 0.5) is 0 Å². The maximum absolute atomic E-state index is 12.7. The number of benzene rings is 2. The van der Waals surface area contributed by atoms with Gasteiger partial charge in [0.25, 0.3) is 0 Å². The second kappa shape index (κ2) is 8.87. The Morgan fingerprint density at radius 3 is 2.04 bits per heavy atom. The molecule has 0 fully saturated rings. The van der Waals surface area contributed by atoms with Gasteiger partial charge in [-0.3, -0.25) is 9.59 Å². The number of hydrogen-bond acceptors (Lipinski definition) is 2. The summed E-state index contributed by atoms with van der Waals surface area (Å²) in [7, 11) is 1.59. The van der Waals surface area contributed by atoms with Gasteiger partial charge in [-0.25, -0.2) is 0 Å². The van der Waals surface area contributed by atoms with E-state index in [2.05, 4.69) is 5.32 Å². The van der Waals surface area contributed by atoms with Gasteiger partial charge in [0.05, 0.1) is 0 Å². The van der Waals surface area contributed by atoms with Crippen LogP contribution in [0.25, 0.3) is 0 Å². The molecule has 2 amide bonds. The van der Waals surface area contributed by atoms with Crippen LogP contribution in [-0.2, 0) is 22.6 Å². The normalized spacial score (nSPS) is 11.6. The highest BCUT2D eigenvalue weighted by Gasteiger charge is 2.25. The molecule has 0 spiro atoms. The first-order valence-corrected chi connectivity index (χ1v) is 8.20. The molecule has 24 heavy (non-hydrogen) atoms. The Bertz CT molecular complexity index is 656. The first-order valence-electron chi connectivity index (χ1n) is 8.20. The highest BCUT2D eigenvalue weighted by Crippen LogP contribution is 2.12. The third-order valence-electron chi connectivity index (χ3n) is 4.08. The van der Waals surface area contributed by atoms with Crippen molar-refractivity contribution in [2.24, 2.45) is 0 Å². The average Bonchev–Trinajstić information content (AvgIpc) is 2.64. The van der Waals surface area contributed by atoms with Gasteiger partial charge in [0.15, 0.2) is 0 Å². The average molecular weight is 324 g/mol. The van der Waals surface area contributed by atoms with E-state index in [1.807, 2.05) is 60.7 Å². The van der Waals surface area contributed by atoms with Crippen LogP contribution in [0.15, 0.2) is 60.7 Å². The number of carbonyl (C=O) groups is 2. The fraction of sp³-hybridized carbons (Fsp3) is 0.300. The zero-order valence-electron chi connectivity index (χ0n) is 14.2. The van der Waals surface area contributed by atoms with E-state index in [0.717, 1.165) is 11.1 Å². The Morgan fingerprint density at radius 1 is 0.958 bits per heavy atom. The SMILES string of the molecule is CNC(=O)[C@H](C)N(Cc1ccccc1)C(=O)CCc1ccccc1.